The van der Waals surface area contributed by atoms with E-state index in [1.54, 1.807) is 6.92 Å². The van der Waals surface area contributed by atoms with Gasteiger partial charge in [0.2, 0.25) is 10.0 Å². The first-order valence-corrected chi connectivity index (χ1v) is 10.1. The molecule has 0 heterocycles. The van der Waals surface area contributed by atoms with Crippen LogP contribution in [0.15, 0.2) is 28.0 Å². The molecule has 0 amide bonds. The summed E-state index contributed by atoms with van der Waals surface area (Å²) in [6.07, 6.45) is 3.61. The van der Waals surface area contributed by atoms with Crippen LogP contribution in [0.3, 0.4) is 0 Å². The Hall–Kier alpha value is -1.12. The number of sulfonamides is 1. The summed E-state index contributed by atoms with van der Waals surface area (Å²) in [5.74, 6) is 0. The molecule has 0 bridgehead atoms. The molecule has 0 spiro atoms. The number of unbranched alkanes of at least 4 members (excludes halogenated alkanes) is 1. The van der Waals surface area contributed by atoms with Crippen molar-refractivity contribution < 1.29 is 16.8 Å². The lowest BCUT2D eigenvalue weighted by molar-refractivity contribution is 0.534. The summed E-state index contributed by atoms with van der Waals surface area (Å²) in [7, 11) is -7.34. The van der Waals surface area contributed by atoms with E-state index >= 15 is 0 Å². The Morgan fingerprint density at radius 3 is 2.38 bits per heavy atom. The number of sulfone groups is 1. The Labute approximate surface area is 126 Å². The minimum Gasteiger partial charge on any atom is -0.398 e. The van der Waals surface area contributed by atoms with Crippen LogP contribution in [0, 0.1) is 0 Å². The topological polar surface area (TPSA) is 106 Å². The second kappa shape index (κ2) is 6.76. The van der Waals surface area contributed by atoms with Crippen molar-refractivity contribution in [1.82, 2.24) is 4.72 Å². The third kappa shape index (κ3) is 4.98. The standard InChI is InChI=1S/C13H22N2O4S2/c1-4-5-6-10(2)15-21(18,19)13-9-11(20(3,16)17)7-8-12(13)14/h7-10,15H,4-6,14H2,1-3H3. The highest BCUT2D eigenvalue weighted by atomic mass is 32.2. The van der Waals surface area contributed by atoms with Crippen molar-refractivity contribution in [2.75, 3.05) is 12.0 Å². The lowest BCUT2D eigenvalue weighted by Gasteiger charge is -2.15. The van der Waals surface area contributed by atoms with Gasteiger partial charge in [0.1, 0.15) is 4.90 Å². The number of hydrogen-bond acceptors (Lipinski definition) is 5. The molecule has 0 fully saturated rings. The summed E-state index contributed by atoms with van der Waals surface area (Å²) in [4.78, 5) is -0.271. The molecule has 0 aliphatic rings. The third-order valence-corrected chi connectivity index (χ3v) is 5.81. The zero-order chi connectivity index (χ0) is 16.3. The Bertz CT molecular complexity index is 697. The summed E-state index contributed by atoms with van der Waals surface area (Å²) in [5.41, 5.74) is 5.71. The molecular weight excluding hydrogens is 312 g/mol. The molecule has 1 rings (SSSR count). The molecule has 8 heteroatoms. The molecule has 1 aromatic rings. The van der Waals surface area contributed by atoms with E-state index in [9.17, 15) is 16.8 Å². The second-order valence-electron chi connectivity index (χ2n) is 5.14. The maximum absolute atomic E-state index is 12.3. The molecule has 0 saturated heterocycles. The van der Waals surface area contributed by atoms with Crippen LogP contribution in [-0.2, 0) is 19.9 Å². The molecule has 1 unspecified atom stereocenters. The maximum atomic E-state index is 12.3. The second-order valence-corrected chi connectivity index (χ2v) is 8.83. The molecule has 0 aromatic heterocycles. The van der Waals surface area contributed by atoms with Crippen LogP contribution in [0.5, 0.6) is 0 Å². The van der Waals surface area contributed by atoms with Crippen molar-refractivity contribution in [2.45, 2.75) is 48.9 Å². The van der Waals surface area contributed by atoms with Crippen molar-refractivity contribution in [3.05, 3.63) is 18.2 Å². The molecule has 1 atom stereocenters. The van der Waals surface area contributed by atoms with Gasteiger partial charge in [0.05, 0.1) is 10.6 Å². The van der Waals surface area contributed by atoms with Crippen LogP contribution in [0.2, 0.25) is 0 Å². The molecule has 0 radical (unpaired) electrons. The third-order valence-electron chi connectivity index (χ3n) is 3.05. The molecule has 21 heavy (non-hydrogen) atoms. The van der Waals surface area contributed by atoms with E-state index in [2.05, 4.69) is 4.72 Å². The number of hydrogen-bond donors (Lipinski definition) is 2. The van der Waals surface area contributed by atoms with Gasteiger partial charge >= 0.3 is 0 Å². The Morgan fingerprint density at radius 2 is 1.86 bits per heavy atom. The Balaban J connectivity index is 3.14. The predicted octanol–water partition coefficient (Wildman–Crippen LogP) is 1.53. The first-order chi connectivity index (χ1) is 9.58. The monoisotopic (exact) mass is 334 g/mol. The van der Waals surface area contributed by atoms with Crippen molar-refractivity contribution in [2.24, 2.45) is 0 Å². The van der Waals surface area contributed by atoms with Crippen molar-refractivity contribution >= 4 is 25.5 Å². The van der Waals surface area contributed by atoms with Gasteiger partial charge in [-0.2, -0.15) is 0 Å². The molecule has 1 aromatic carbocycles. The van der Waals surface area contributed by atoms with E-state index < -0.39 is 19.9 Å². The lowest BCUT2D eigenvalue weighted by atomic mass is 10.2. The van der Waals surface area contributed by atoms with Crippen LogP contribution in [0.4, 0.5) is 5.69 Å². The highest BCUT2D eigenvalue weighted by Crippen LogP contribution is 2.23. The van der Waals surface area contributed by atoms with Gasteiger partial charge in [-0.1, -0.05) is 19.8 Å². The van der Waals surface area contributed by atoms with E-state index in [4.69, 9.17) is 5.73 Å². The lowest BCUT2D eigenvalue weighted by Crippen LogP contribution is -2.33. The van der Waals surface area contributed by atoms with Crippen LogP contribution in [-0.4, -0.2) is 29.1 Å². The summed E-state index contributed by atoms with van der Waals surface area (Å²) >= 11 is 0. The average molecular weight is 334 g/mol. The van der Waals surface area contributed by atoms with Gasteiger partial charge in [-0.05, 0) is 31.5 Å². The molecule has 120 valence electrons. The molecule has 0 saturated carbocycles. The Kier molecular flexibility index (Phi) is 5.77. The van der Waals surface area contributed by atoms with Crippen LogP contribution < -0.4 is 10.5 Å². The van der Waals surface area contributed by atoms with Gasteiger partial charge in [-0.25, -0.2) is 21.6 Å². The summed E-state index contributed by atoms with van der Waals surface area (Å²) in [6.45, 7) is 3.79. The molecule has 3 N–H and O–H groups in total. The fraction of sp³-hybridized carbons (Fsp3) is 0.538. The van der Waals surface area contributed by atoms with Crippen molar-refractivity contribution in [3.8, 4) is 0 Å². The fourth-order valence-electron chi connectivity index (χ4n) is 1.88. The van der Waals surface area contributed by atoms with Gasteiger partial charge in [0, 0.05) is 12.3 Å². The van der Waals surface area contributed by atoms with Crippen LogP contribution in [0.25, 0.3) is 0 Å². The normalized spacial score (nSPS) is 14.0. The highest BCUT2D eigenvalue weighted by Gasteiger charge is 2.22. The van der Waals surface area contributed by atoms with Gasteiger partial charge < -0.3 is 5.73 Å². The highest BCUT2D eigenvalue weighted by molar-refractivity contribution is 7.91. The minimum absolute atomic E-state index is 0.0255. The number of anilines is 1. The summed E-state index contributed by atoms with van der Waals surface area (Å²) < 4.78 is 50.2. The minimum atomic E-state index is -3.84. The van der Waals surface area contributed by atoms with Gasteiger partial charge in [0.15, 0.2) is 9.84 Å². The quantitative estimate of drug-likeness (QED) is 0.735. The largest absolute Gasteiger partial charge is 0.398 e. The van der Waals surface area contributed by atoms with E-state index in [0.717, 1.165) is 25.2 Å². The van der Waals surface area contributed by atoms with E-state index in [-0.39, 0.29) is 21.5 Å². The zero-order valence-electron chi connectivity index (χ0n) is 12.5. The predicted molar refractivity (Wildman–Crippen MR) is 83.3 cm³/mol. The van der Waals surface area contributed by atoms with Crippen LogP contribution >= 0.6 is 0 Å². The maximum Gasteiger partial charge on any atom is 0.242 e. The number of nitrogens with one attached hydrogen (secondary N) is 1. The smallest absolute Gasteiger partial charge is 0.242 e. The van der Waals surface area contributed by atoms with Crippen molar-refractivity contribution in [1.29, 1.82) is 0 Å². The van der Waals surface area contributed by atoms with Gasteiger partial charge in [0.25, 0.3) is 0 Å². The summed E-state index contributed by atoms with van der Waals surface area (Å²) in [6, 6.07) is 3.45. The molecule has 6 nitrogen and oxygen atoms in total. The number of rotatable bonds is 7. The van der Waals surface area contributed by atoms with E-state index in [0.29, 0.717) is 6.42 Å². The molecular formula is C13H22N2O4S2. The van der Waals surface area contributed by atoms with E-state index in [1.165, 1.54) is 12.1 Å². The molecule has 0 aliphatic carbocycles. The number of nitrogen functional groups attached to an aromatic ring is 1. The SMILES string of the molecule is CCCCC(C)NS(=O)(=O)c1cc(S(C)(=O)=O)ccc1N. The number of nitrogens with two attached hydrogens (primary N) is 1. The molecule has 0 aliphatic heterocycles. The van der Waals surface area contributed by atoms with Gasteiger partial charge in [-0.3, -0.25) is 0 Å². The van der Waals surface area contributed by atoms with E-state index in [1.807, 2.05) is 6.92 Å². The number of benzene rings is 1. The zero-order valence-corrected chi connectivity index (χ0v) is 14.1. The van der Waals surface area contributed by atoms with Gasteiger partial charge in [-0.15, -0.1) is 0 Å². The van der Waals surface area contributed by atoms with Crippen LogP contribution in [0.1, 0.15) is 33.1 Å². The Morgan fingerprint density at radius 1 is 1.24 bits per heavy atom. The summed E-state index contributed by atoms with van der Waals surface area (Å²) in [5, 5.41) is 0. The first kappa shape index (κ1) is 17.9. The van der Waals surface area contributed by atoms with Crippen molar-refractivity contribution in [3.63, 3.8) is 0 Å². The fourth-order valence-corrected chi connectivity index (χ4v) is 4.03. The first-order valence-electron chi connectivity index (χ1n) is 6.70. The average Bonchev–Trinajstić information content (AvgIpc) is 2.34.